The first-order valence-corrected chi connectivity index (χ1v) is 5.95. The number of rotatable bonds is 4. The van der Waals surface area contributed by atoms with E-state index in [4.69, 9.17) is 0 Å². The molecule has 3 heteroatoms. The third kappa shape index (κ3) is 3.17. The molecule has 18 heavy (non-hydrogen) atoms. The van der Waals surface area contributed by atoms with Crippen LogP contribution >= 0.6 is 0 Å². The maximum Gasteiger partial charge on any atom is 0.127 e. The quantitative estimate of drug-likeness (QED) is 0.835. The molecule has 0 aliphatic carbocycles. The summed E-state index contributed by atoms with van der Waals surface area (Å²) < 4.78 is 0. The maximum atomic E-state index is 9.81. The summed E-state index contributed by atoms with van der Waals surface area (Å²) in [5.41, 5.74) is 2.66. The van der Waals surface area contributed by atoms with E-state index in [-0.39, 0.29) is 0 Å². The standard InChI is InChI=1S/C15H16N2O/c1-12-5-4-6-13(15(12)18)11-16-10-8-14-7-2-3-9-17-14/h2-7,9,11,18H,8,10H2,1H3. The number of phenolic OH excluding ortho intramolecular Hbond substituents is 1. The van der Waals surface area contributed by atoms with Gasteiger partial charge >= 0.3 is 0 Å². The Bertz CT molecular complexity index is 535. The van der Waals surface area contributed by atoms with Gasteiger partial charge < -0.3 is 5.11 Å². The van der Waals surface area contributed by atoms with E-state index in [1.807, 2.05) is 43.3 Å². The van der Waals surface area contributed by atoms with E-state index in [9.17, 15) is 5.11 Å². The molecular weight excluding hydrogens is 224 g/mol. The number of aromatic hydroxyl groups is 1. The zero-order valence-corrected chi connectivity index (χ0v) is 10.4. The molecule has 2 rings (SSSR count). The molecule has 0 bridgehead atoms. The van der Waals surface area contributed by atoms with Crippen LogP contribution in [0.2, 0.25) is 0 Å². The number of benzene rings is 1. The molecule has 0 amide bonds. The molecule has 0 spiro atoms. The minimum atomic E-state index is 0.305. The molecule has 0 aliphatic heterocycles. The Hall–Kier alpha value is -2.16. The number of aliphatic imine (C=N–C) groups is 1. The van der Waals surface area contributed by atoms with E-state index in [1.165, 1.54) is 0 Å². The molecule has 0 aliphatic rings. The second-order valence-electron chi connectivity index (χ2n) is 4.12. The summed E-state index contributed by atoms with van der Waals surface area (Å²) in [6.07, 6.45) is 4.31. The van der Waals surface area contributed by atoms with Crippen molar-refractivity contribution in [3.8, 4) is 5.75 Å². The Morgan fingerprint density at radius 1 is 1.22 bits per heavy atom. The van der Waals surface area contributed by atoms with Crippen molar-refractivity contribution in [1.82, 2.24) is 4.98 Å². The number of phenols is 1. The van der Waals surface area contributed by atoms with Crippen LogP contribution in [0, 0.1) is 6.92 Å². The molecule has 92 valence electrons. The molecule has 1 heterocycles. The minimum absolute atomic E-state index is 0.305. The fourth-order valence-corrected chi connectivity index (χ4v) is 1.67. The maximum absolute atomic E-state index is 9.81. The fraction of sp³-hybridized carbons (Fsp3) is 0.200. The molecule has 2 aromatic rings. The van der Waals surface area contributed by atoms with Crippen LogP contribution in [0.4, 0.5) is 0 Å². The van der Waals surface area contributed by atoms with Gasteiger partial charge in [0.1, 0.15) is 5.75 Å². The molecule has 0 saturated carbocycles. The number of nitrogens with zero attached hydrogens (tertiary/aromatic N) is 2. The zero-order chi connectivity index (χ0) is 12.8. The molecule has 1 N–H and O–H groups in total. The average Bonchev–Trinajstić information content (AvgIpc) is 2.40. The lowest BCUT2D eigenvalue weighted by Crippen LogP contribution is -1.93. The monoisotopic (exact) mass is 240 g/mol. The van der Waals surface area contributed by atoms with Gasteiger partial charge in [-0.2, -0.15) is 0 Å². The predicted octanol–water partition coefficient (Wildman–Crippen LogP) is 2.76. The SMILES string of the molecule is Cc1cccc(C=NCCc2ccccn2)c1O. The van der Waals surface area contributed by atoms with Crippen LogP contribution in [0.15, 0.2) is 47.6 Å². The van der Waals surface area contributed by atoms with Crippen LogP contribution in [0.25, 0.3) is 0 Å². The number of pyridine rings is 1. The number of para-hydroxylation sites is 1. The zero-order valence-electron chi connectivity index (χ0n) is 10.4. The first-order valence-electron chi connectivity index (χ1n) is 5.95. The normalized spacial score (nSPS) is 10.9. The van der Waals surface area contributed by atoms with Gasteiger partial charge in [-0.1, -0.05) is 18.2 Å². The molecule has 0 unspecified atom stereocenters. The van der Waals surface area contributed by atoms with Gasteiger partial charge in [0.15, 0.2) is 0 Å². The summed E-state index contributed by atoms with van der Waals surface area (Å²) in [4.78, 5) is 8.55. The van der Waals surface area contributed by atoms with E-state index in [0.29, 0.717) is 12.3 Å². The number of aromatic nitrogens is 1. The molecule has 0 atom stereocenters. The molecule has 0 radical (unpaired) electrons. The summed E-state index contributed by atoms with van der Waals surface area (Å²) >= 11 is 0. The highest BCUT2D eigenvalue weighted by atomic mass is 16.3. The Morgan fingerprint density at radius 2 is 2.11 bits per heavy atom. The topological polar surface area (TPSA) is 45.5 Å². The highest BCUT2D eigenvalue weighted by molar-refractivity contribution is 5.83. The Kier molecular flexibility index (Phi) is 4.07. The fourth-order valence-electron chi connectivity index (χ4n) is 1.67. The summed E-state index contributed by atoms with van der Waals surface area (Å²) in [5, 5.41) is 9.81. The lowest BCUT2D eigenvalue weighted by atomic mass is 10.1. The predicted molar refractivity (Wildman–Crippen MR) is 73.2 cm³/mol. The van der Waals surface area contributed by atoms with Gasteiger partial charge in [-0.05, 0) is 30.7 Å². The number of hydrogen-bond acceptors (Lipinski definition) is 3. The molecule has 3 nitrogen and oxygen atoms in total. The molecular formula is C15H16N2O. The first kappa shape index (κ1) is 12.3. The van der Waals surface area contributed by atoms with Crippen LogP contribution in [-0.4, -0.2) is 22.8 Å². The summed E-state index contributed by atoms with van der Waals surface area (Å²) in [5.74, 6) is 0.305. The Labute approximate surface area is 107 Å². The van der Waals surface area contributed by atoms with Crippen molar-refractivity contribution in [2.75, 3.05) is 6.54 Å². The van der Waals surface area contributed by atoms with Crippen molar-refractivity contribution in [1.29, 1.82) is 0 Å². The van der Waals surface area contributed by atoms with Crippen molar-refractivity contribution >= 4 is 6.21 Å². The van der Waals surface area contributed by atoms with Crippen LogP contribution in [-0.2, 0) is 6.42 Å². The van der Waals surface area contributed by atoms with E-state index < -0.39 is 0 Å². The van der Waals surface area contributed by atoms with Gasteiger partial charge in [-0.15, -0.1) is 0 Å². The highest BCUT2D eigenvalue weighted by Gasteiger charge is 1.99. The second-order valence-corrected chi connectivity index (χ2v) is 4.12. The van der Waals surface area contributed by atoms with E-state index in [0.717, 1.165) is 23.2 Å². The van der Waals surface area contributed by atoms with Crippen molar-refractivity contribution < 1.29 is 5.11 Å². The smallest absolute Gasteiger partial charge is 0.127 e. The van der Waals surface area contributed by atoms with Gasteiger partial charge in [-0.25, -0.2) is 0 Å². The Morgan fingerprint density at radius 3 is 2.89 bits per heavy atom. The molecule has 0 saturated heterocycles. The average molecular weight is 240 g/mol. The minimum Gasteiger partial charge on any atom is -0.507 e. The van der Waals surface area contributed by atoms with Crippen LogP contribution in [0.1, 0.15) is 16.8 Å². The van der Waals surface area contributed by atoms with Gasteiger partial charge in [-0.3, -0.25) is 9.98 Å². The van der Waals surface area contributed by atoms with E-state index >= 15 is 0 Å². The molecule has 1 aromatic carbocycles. The molecule has 1 aromatic heterocycles. The first-order chi connectivity index (χ1) is 8.77. The van der Waals surface area contributed by atoms with Crippen LogP contribution < -0.4 is 0 Å². The van der Waals surface area contributed by atoms with Crippen LogP contribution in [0.3, 0.4) is 0 Å². The second kappa shape index (κ2) is 5.96. The van der Waals surface area contributed by atoms with E-state index in [1.54, 1.807) is 12.4 Å². The van der Waals surface area contributed by atoms with Gasteiger partial charge in [0.25, 0.3) is 0 Å². The highest BCUT2D eigenvalue weighted by Crippen LogP contribution is 2.19. The number of aryl methyl sites for hydroxylation is 1. The third-order valence-corrected chi connectivity index (χ3v) is 2.72. The van der Waals surface area contributed by atoms with Gasteiger partial charge in [0, 0.05) is 36.6 Å². The lowest BCUT2D eigenvalue weighted by Gasteiger charge is -2.01. The van der Waals surface area contributed by atoms with Crippen molar-refractivity contribution in [3.63, 3.8) is 0 Å². The summed E-state index contributed by atoms with van der Waals surface area (Å²) in [6.45, 7) is 2.55. The lowest BCUT2D eigenvalue weighted by molar-refractivity contribution is 0.470. The summed E-state index contributed by atoms with van der Waals surface area (Å²) in [7, 11) is 0. The number of hydrogen-bond donors (Lipinski definition) is 1. The summed E-state index contributed by atoms with van der Waals surface area (Å²) in [6, 6.07) is 11.5. The largest absolute Gasteiger partial charge is 0.507 e. The third-order valence-electron chi connectivity index (χ3n) is 2.72. The molecule has 0 fully saturated rings. The van der Waals surface area contributed by atoms with Crippen molar-refractivity contribution in [2.45, 2.75) is 13.3 Å². The van der Waals surface area contributed by atoms with E-state index in [2.05, 4.69) is 9.98 Å². The van der Waals surface area contributed by atoms with Gasteiger partial charge in [0.2, 0.25) is 0 Å². The Balaban J connectivity index is 1.94. The van der Waals surface area contributed by atoms with Crippen LogP contribution in [0.5, 0.6) is 5.75 Å². The van der Waals surface area contributed by atoms with Crippen molar-refractivity contribution in [2.24, 2.45) is 4.99 Å². The van der Waals surface area contributed by atoms with Crippen molar-refractivity contribution in [3.05, 3.63) is 59.4 Å². The van der Waals surface area contributed by atoms with Gasteiger partial charge in [0.05, 0.1) is 0 Å².